The predicted octanol–water partition coefficient (Wildman–Crippen LogP) is 4.15. The van der Waals surface area contributed by atoms with Gasteiger partial charge in [0, 0.05) is 26.1 Å². The second-order valence-corrected chi connectivity index (χ2v) is 8.13. The van der Waals surface area contributed by atoms with Gasteiger partial charge in [-0.3, -0.25) is 4.79 Å². The minimum Gasteiger partial charge on any atom is -0.342 e. The first-order chi connectivity index (χ1) is 13.8. The molecule has 0 N–H and O–H groups in total. The molecule has 0 radical (unpaired) electrons. The first-order valence-corrected chi connectivity index (χ1v) is 11.0. The van der Waals surface area contributed by atoms with Crippen molar-refractivity contribution in [3.05, 3.63) is 53.9 Å². The molecular weight excluding hydrogens is 368 g/mol. The van der Waals surface area contributed by atoms with Crippen molar-refractivity contribution in [3.63, 3.8) is 0 Å². The maximum atomic E-state index is 12.5. The fourth-order valence-electron chi connectivity index (χ4n) is 3.85. The van der Waals surface area contributed by atoms with Crippen LogP contribution in [0.4, 0.5) is 0 Å². The van der Waals surface area contributed by atoms with Gasteiger partial charge >= 0.3 is 0 Å². The Bertz CT molecular complexity index is 957. The highest BCUT2D eigenvalue weighted by Gasteiger charge is 2.19. The van der Waals surface area contributed by atoms with Crippen LogP contribution in [-0.4, -0.2) is 44.4 Å². The van der Waals surface area contributed by atoms with Gasteiger partial charge in [-0.15, -0.1) is 10.2 Å². The summed E-state index contributed by atoms with van der Waals surface area (Å²) in [6, 6.07) is 14.8. The molecule has 0 unspecified atom stereocenters. The Hall–Kier alpha value is -2.34. The maximum Gasteiger partial charge on any atom is 0.233 e. The van der Waals surface area contributed by atoms with Gasteiger partial charge in [-0.05, 0) is 42.5 Å². The van der Waals surface area contributed by atoms with Crippen LogP contribution < -0.4 is 0 Å². The molecule has 28 heavy (non-hydrogen) atoms. The van der Waals surface area contributed by atoms with E-state index in [1.807, 2.05) is 4.90 Å². The summed E-state index contributed by atoms with van der Waals surface area (Å²) in [4.78, 5) is 14.4. The average Bonchev–Trinajstić information content (AvgIpc) is 3.14. The molecule has 0 bridgehead atoms. The predicted molar refractivity (Wildman–Crippen MR) is 114 cm³/mol. The largest absolute Gasteiger partial charge is 0.342 e. The molecule has 1 saturated heterocycles. The summed E-state index contributed by atoms with van der Waals surface area (Å²) in [5.41, 5.74) is 1.25. The molecule has 0 atom stereocenters. The molecule has 6 heteroatoms. The number of carbonyl (C=O) groups is 1. The molecule has 4 rings (SSSR count). The standard InChI is InChI=1S/C22H26N4OS/c1-2-26-20(15-18-11-8-10-17-9-4-5-12-19(17)18)23-24-22(26)28-16-21(27)25-13-6-3-7-14-25/h4-5,8-12H,2-3,6-7,13-16H2,1H3. The third-order valence-corrected chi connectivity index (χ3v) is 6.32. The molecule has 1 aliphatic rings. The molecule has 3 aromatic rings. The van der Waals surface area contributed by atoms with Crippen molar-refractivity contribution >= 4 is 28.4 Å². The highest BCUT2D eigenvalue weighted by atomic mass is 32.2. The Kier molecular flexibility index (Phi) is 5.95. The van der Waals surface area contributed by atoms with Crippen LogP contribution in [0.1, 0.15) is 37.6 Å². The van der Waals surface area contributed by atoms with Crippen molar-refractivity contribution < 1.29 is 4.79 Å². The van der Waals surface area contributed by atoms with Crippen molar-refractivity contribution in [3.8, 4) is 0 Å². The zero-order valence-electron chi connectivity index (χ0n) is 16.3. The molecule has 0 saturated carbocycles. The van der Waals surface area contributed by atoms with Crippen LogP contribution in [-0.2, 0) is 17.8 Å². The van der Waals surface area contributed by atoms with Gasteiger partial charge in [0.25, 0.3) is 0 Å². The van der Waals surface area contributed by atoms with Gasteiger partial charge in [0.1, 0.15) is 5.82 Å². The number of carbonyl (C=O) groups excluding carboxylic acids is 1. The van der Waals surface area contributed by atoms with E-state index in [0.717, 1.165) is 49.9 Å². The summed E-state index contributed by atoms with van der Waals surface area (Å²) >= 11 is 1.51. The maximum absolute atomic E-state index is 12.5. The van der Waals surface area contributed by atoms with Crippen molar-refractivity contribution in [1.82, 2.24) is 19.7 Å². The second-order valence-electron chi connectivity index (χ2n) is 7.19. The number of hydrogen-bond donors (Lipinski definition) is 0. The van der Waals surface area contributed by atoms with E-state index in [1.54, 1.807) is 0 Å². The third-order valence-electron chi connectivity index (χ3n) is 5.37. The summed E-state index contributed by atoms with van der Waals surface area (Å²) in [5.74, 6) is 1.60. The quantitative estimate of drug-likeness (QED) is 0.590. The Labute approximate surface area is 170 Å². The van der Waals surface area contributed by atoms with Gasteiger partial charge in [0.05, 0.1) is 5.75 Å². The van der Waals surface area contributed by atoms with E-state index in [-0.39, 0.29) is 5.91 Å². The van der Waals surface area contributed by atoms with Gasteiger partial charge in [0.2, 0.25) is 5.91 Å². The summed E-state index contributed by atoms with van der Waals surface area (Å²) < 4.78 is 2.13. The van der Waals surface area contributed by atoms with Crippen molar-refractivity contribution in [1.29, 1.82) is 0 Å². The first-order valence-electron chi connectivity index (χ1n) is 10.1. The van der Waals surface area contributed by atoms with Crippen molar-refractivity contribution in [2.24, 2.45) is 0 Å². The summed E-state index contributed by atoms with van der Waals surface area (Å²) in [6.45, 7) is 4.69. The lowest BCUT2D eigenvalue weighted by Gasteiger charge is -2.26. The van der Waals surface area contributed by atoms with E-state index in [9.17, 15) is 4.79 Å². The van der Waals surface area contributed by atoms with Gasteiger partial charge in [-0.1, -0.05) is 54.2 Å². The van der Waals surface area contributed by atoms with Gasteiger partial charge in [-0.2, -0.15) is 0 Å². The van der Waals surface area contributed by atoms with Crippen LogP contribution in [0.15, 0.2) is 47.6 Å². The lowest BCUT2D eigenvalue weighted by atomic mass is 10.0. The lowest BCUT2D eigenvalue weighted by Crippen LogP contribution is -2.36. The zero-order chi connectivity index (χ0) is 19.3. The molecule has 5 nitrogen and oxygen atoms in total. The number of amides is 1. The van der Waals surface area contributed by atoms with Crippen molar-refractivity contribution in [2.75, 3.05) is 18.8 Å². The molecule has 1 aromatic heterocycles. The Balaban J connectivity index is 1.48. The van der Waals surface area contributed by atoms with Crippen molar-refractivity contribution in [2.45, 2.75) is 44.3 Å². The number of thioether (sulfide) groups is 1. The van der Waals surface area contributed by atoms with Gasteiger partial charge < -0.3 is 9.47 Å². The topological polar surface area (TPSA) is 51.0 Å². The summed E-state index contributed by atoms with van der Waals surface area (Å²) in [5, 5.41) is 12.2. The van der Waals surface area contributed by atoms with Crippen LogP contribution in [0.3, 0.4) is 0 Å². The molecule has 2 heterocycles. The van der Waals surface area contributed by atoms with Crippen LogP contribution >= 0.6 is 11.8 Å². The van der Waals surface area contributed by atoms with E-state index < -0.39 is 0 Å². The molecule has 1 aliphatic heterocycles. The number of nitrogens with zero attached hydrogens (tertiary/aromatic N) is 4. The molecule has 1 amide bonds. The Morgan fingerprint density at radius 3 is 2.64 bits per heavy atom. The van der Waals surface area contributed by atoms with Gasteiger partial charge in [0.15, 0.2) is 5.16 Å². The zero-order valence-corrected chi connectivity index (χ0v) is 17.1. The number of fused-ring (bicyclic) bond motifs is 1. The average molecular weight is 395 g/mol. The molecule has 0 spiro atoms. The lowest BCUT2D eigenvalue weighted by molar-refractivity contribution is -0.129. The highest BCUT2D eigenvalue weighted by Crippen LogP contribution is 2.24. The highest BCUT2D eigenvalue weighted by molar-refractivity contribution is 7.99. The molecular formula is C22H26N4OS. The number of hydrogen-bond acceptors (Lipinski definition) is 4. The number of rotatable bonds is 6. The Morgan fingerprint density at radius 1 is 1.04 bits per heavy atom. The summed E-state index contributed by atoms with van der Waals surface area (Å²) in [7, 11) is 0. The normalized spacial score (nSPS) is 14.5. The number of piperidine rings is 1. The number of likely N-dealkylation sites (tertiary alicyclic amines) is 1. The fraction of sp³-hybridized carbons (Fsp3) is 0.409. The van der Waals surface area contributed by atoms with E-state index in [4.69, 9.17) is 0 Å². The van der Waals surface area contributed by atoms with Crippen LogP contribution in [0.2, 0.25) is 0 Å². The number of benzene rings is 2. The molecule has 146 valence electrons. The first kappa shape index (κ1) is 19.0. The number of aromatic nitrogens is 3. The van der Waals surface area contributed by atoms with Gasteiger partial charge in [-0.25, -0.2) is 0 Å². The summed E-state index contributed by atoms with van der Waals surface area (Å²) in [6.07, 6.45) is 4.22. The second kappa shape index (κ2) is 8.78. The van der Waals surface area contributed by atoms with Crippen LogP contribution in [0, 0.1) is 0 Å². The smallest absolute Gasteiger partial charge is 0.233 e. The monoisotopic (exact) mass is 394 g/mol. The Morgan fingerprint density at radius 2 is 1.82 bits per heavy atom. The van der Waals surface area contributed by atoms with E-state index in [1.165, 1.54) is 34.5 Å². The SMILES string of the molecule is CCn1c(Cc2cccc3ccccc23)nnc1SCC(=O)N1CCCCC1. The van der Waals surface area contributed by atoms with Crippen LogP contribution in [0.5, 0.6) is 0 Å². The van der Waals surface area contributed by atoms with E-state index in [2.05, 4.69) is 64.2 Å². The molecule has 1 fully saturated rings. The minimum absolute atomic E-state index is 0.214. The van der Waals surface area contributed by atoms with E-state index in [0.29, 0.717) is 5.75 Å². The fourth-order valence-corrected chi connectivity index (χ4v) is 4.78. The molecule has 2 aromatic carbocycles. The third kappa shape index (κ3) is 4.07. The minimum atomic E-state index is 0.214. The van der Waals surface area contributed by atoms with E-state index >= 15 is 0 Å². The molecule has 0 aliphatic carbocycles. The van der Waals surface area contributed by atoms with Crippen LogP contribution in [0.25, 0.3) is 10.8 Å².